The zero-order valence-electron chi connectivity index (χ0n) is 8.99. The fourth-order valence-electron chi connectivity index (χ4n) is 2.92. The van der Waals surface area contributed by atoms with Crippen LogP contribution in [-0.2, 0) is 20.1 Å². The van der Waals surface area contributed by atoms with Crippen molar-refractivity contribution < 1.29 is 20.1 Å². The minimum atomic E-state index is 0.911. The van der Waals surface area contributed by atoms with Crippen LogP contribution < -0.4 is 0 Å². The molecule has 2 fully saturated rings. The Morgan fingerprint density at radius 3 is 1.36 bits per heavy atom. The maximum absolute atomic E-state index is 2.69. The molecule has 1 nitrogen and oxygen atoms in total. The molecule has 0 aromatic heterocycles. The van der Waals surface area contributed by atoms with Gasteiger partial charge in [-0.2, -0.15) is 0 Å². The van der Waals surface area contributed by atoms with Crippen molar-refractivity contribution in [3.8, 4) is 0 Å². The second-order valence-electron chi connectivity index (χ2n) is 4.90. The molecule has 2 aliphatic rings. The first-order valence-corrected chi connectivity index (χ1v) is 7.31. The molecule has 0 aromatic carbocycles. The molecule has 2 heteroatoms. The average Bonchev–Trinajstić information content (AvgIpc) is 2.30. The summed E-state index contributed by atoms with van der Waals surface area (Å²) in [5.74, 6) is 0. The van der Waals surface area contributed by atoms with Crippen molar-refractivity contribution >= 4 is 0 Å². The normalized spacial score (nSPS) is 27.1. The van der Waals surface area contributed by atoms with Gasteiger partial charge in [0.2, 0.25) is 0 Å². The summed E-state index contributed by atoms with van der Waals surface area (Å²) in [6.45, 7) is 0. The first-order valence-electron chi connectivity index (χ1n) is 6.29. The van der Waals surface area contributed by atoms with Crippen LogP contribution in [0.2, 0.25) is 0 Å². The quantitative estimate of drug-likeness (QED) is 0.715. The third-order valence-electron chi connectivity index (χ3n) is 3.80. The summed E-state index contributed by atoms with van der Waals surface area (Å²) in [5, 5.41) is 0. The molecule has 0 aromatic rings. The van der Waals surface area contributed by atoms with Crippen molar-refractivity contribution in [3.63, 3.8) is 0 Å². The summed E-state index contributed by atoms with van der Waals surface area (Å²) in [5.41, 5.74) is 0. The molecule has 0 spiro atoms. The van der Waals surface area contributed by atoms with Crippen LogP contribution in [0.5, 0.6) is 0 Å². The summed E-state index contributed by atoms with van der Waals surface area (Å²) in [6.07, 6.45) is 14.7. The van der Waals surface area contributed by atoms with Crippen LogP contribution in [-0.4, -0.2) is 15.5 Å². The number of hydrogen-bond acceptors (Lipinski definition) is 1. The summed E-state index contributed by atoms with van der Waals surface area (Å²) in [6, 6.07) is 1.82. The van der Waals surface area contributed by atoms with Gasteiger partial charge in [0.05, 0.1) is 0 Å². The Morgan fingerprint density at radius 1 is 0.643 bits per heavy atom. The number of rotatable bonds is 2. The first kappa shape index (κ1) is 11.1. The molecule has 0 unspecified atom stereocenters. The van der Waals surface area contributed by atoms with Crippen molar-refractivity contribution in [1.29, 1.82) is 0 Å². The fourth-order valence-corrected chi connectivity index (χ4v) is 4.10. The summed E-state index contributed by atoms with van der Waals surface area (Å²) in [4.78, 5) is 0. The van der Waals surface area contributed by atoms with Crippen LogP contribution in [0.25, 0.3) is 0 Å². The van der Waals surface area contributed by atoms with Gasteiger partial charge in [-0.25, -0.2) is 0 Å². The molecule has 0 aliphatic heterocycles. The molecule has 0 saturated heterocycles. The van der Waals surface area contributed by atoms with Gasteiger partial charge in [0.25, 0.3) is 0 Å². The molecule has 0 bridgehead atoms. The molecule has 0 radical (unpaired) electrons. The Labute approximate surface area is 99.8 Å². The van der Waals surface area contributed by atoms with Gasteiger partial charge in [-0.15, -0.1) is 0 Å². The third-order valence-corrected chi connectivity index (χ3v) is 5.46. The van der Waals surface area contributed by atoms with Crippen LogP contribution in [0.15, 0.2) is 0 Å². The molecule has 85 valence electrons. The van der Waals surface area contributed by atoms with E-state index in [4.69, 9.17) is 0 Å². The second kappa shape index (κ2) is 5.66. The Balaban J connectivity index is 1.82. The van der Waals surface area contributed by atoms with Gasteiger partial charge in [0.15, 0.2) is 0 Å². The maximum atomic E-state index is 2.69. The van der Waals surface area contributed by atoms with Gasteiger partial charge in [-0.3, -0.25) is 0 Å². The zero-order valence-corrected chi connectivity index (χ0v) is 11.3. The van der Waals surface area contributed by atoms with Crippen LogP contribution in [0, 0.1) is 0 Å². The Bertz CT molecular complexity index is 142. The first-order chi connectivity index (χ1) is 6.88. The van der Waals surface area contributed by atoms with Gasteiger partial charge < -0.3 is 0 Å². The van der Waals surface area contributed by atoms with Gasteiger partial charge in [-0.1, -0.05) is 0 Å². The van der Waals surface area contributed by atoms with Crippen LogP contribution in [0.4, 0.5) is 0 Å². The predicted octanol–water partition coefficient (Wildman–Crippen LogP) is 3.42. The SMILES string of the molecule is [Pt][N](C1CCCCC1)C1CCCCC1. The van der Waals surface area contributed by atoms with Gasteiger partial charge in [-0.05, 0) is 0 Å². The Kier molecular flexibility index (Phi) is 4.50. The predicted molar refractivity (Wildman–Crippen MR) is 55.6 cm³/mol. The van der Waals surface area contributed by atoms with Crippen molar-refractivity contribution in [2.75, 3.05) is 0 Å². The van der Waals surface area contributed by atoms with Gasteiger partial charge in [0.1, 0.15) is 0 Å². The van der Waals surface area contributed by atoms with Crippen LogP contribution in [0.1, 0.15) is 64.2 Å². The monoisotopic (exact) mass is 375 g/mol. The molecular weight excluding hydrogens is 353 g/mol. The van der Waals surface area contributed by atoms with E-state index in [9.17, 15) is 0 Å². The van der Waals surface area contributed by atoms with E-state index in [2.05, 4.69) is 23.5 Å². The fraction of sp³-hybridized carbons (Fsp3) is 1.00. The molecule has 0 atom stereocenters. The van der Waals surface area contributed by atoms with E-state index in [1.54, 1.807) is 0 Å². The number of hydrogen-bond donors (Lipinski definition) is 0. The summed E-state index contributed by atoms with van der Waals surface area (Å²) < 4.78 is 2.69. The Morgan fingerprint density at radius 2 is 1.00 bits per heavy atom. The second-order valence-corrected chi connectivity index (χ2v) is 6.07. The summed E-state index contributed by atoms with van der Waals surface area (Å²) >= 11 is 2.60. The van der Waals surface area contributed by atoms with Gasteiger partial charge >= 0.3 is 99.8 Å². The molecule has 2 rings (SSSR count). The molecule has 2 saturated carbocycles. The molecular formula is C12H22NPt. The zero-order chi connectivity index (χ0) is 9.80. The van der Waals surface area contributed by atoms with E-state index in [0.717, 1.165) is 12.1 Å². The van der Waals surface area contributed by atoms with Crippen molar-refractivity contribution in [3.05, 3.63) is 0 Å². The van der Waals surface area contributed by atoms with Crippen LogP contribution in [0.3, 0.4) is 0 Å². The summed E-state index contributed by atoms with van der Waals surface area (Å²) in [7, 11) is 0. The van der Waals surface area contributed by atoms with Crippen molar-refractivity contribution in [2.45, 2.75) is 76.3 Å². The molecule has 2 aliphatic carbocycles. The van der Waals surface area contributed by atoms with Crippen molar-refractivity contribution in [1.82, 2.24) is 3.46 Å². The van der Waals surface area contributed by atoms with E-state index in [-0.39, 0.29) is 0 Å². The van der Waals surface area contributed by atoms with E-state index in [1.165, 1.54) is 64.2 Å². The third kappa shape index (κ3) is 2.82. The average molecular weight is 375 g/mol. The van der Waals surface area contributed by atoms with E-state index < -0.39 is 0 Å². The topological polar surface area (TPSA) is 3.24 Å². The van der Waals surface area contributed by atoms with Crippen molar-refractivity contribution in [2.24, 2.45) is 0 Å². The minimum absolute atomic E-state index is 0.911. The van der Waals surface area contributed by atoms with Gasteiger partial charge in [0, 0.05) is 0 Å². The van der Waals surface area contributed by atoms with E-state index in [1.807, 2.05) is 0 Å². The standard InChI is InChI=1S/C12H22N.Pt/c1-3-7-11(8-4-1)13-12-9-5-2-6-10-12;/h11-12H,1-10H2;/q-1;+1. The van der Waals surface area contributed by atoms with Crippen LogP contribution >= 0.6 is 0 Å². The molecule has 0 N–H and O–H groups in total. The molecule has 14 heavy (non-hydrogen) atoms. The molecule has 0 amide bonds. The number of nitrogens with zero attached hydrogens (tertiary/aromatic N) is 1. The molecule has 0 heterocycles. The Hall–Kier alpha value is 0.648. The van der Waals surface area contributed by atoms with E-state index in [0.29, 0.717) is 0 Å². The van der Waals surface area contributed by atoms with E-state index >= 15 is 0 Å².